The SMILES string of the molecule is O=C1C2CCCC1C(CCO)C2. The van der Waals surface area contributed by atoms with Gasteiger partial charge in [-0.15, -0.1) is 0 Å². The topological polar surface area (TPSA) is 37.3 Å². The van der Waals surface area contributed by atoms with Gasteiger partial charge >= 0.3 is 0 Å². The second kappa shape index (κ2) is 3.17. The maximum absolute atomic E-state index is 11.6. The molecule has 0 heterocycles. The van der Waals surface area contributed by atoms with E-state index in [0.29, 0.717) is 23.5 Å². The number of carbonyl (C=O) groups excluding carboxylic acids is 1. The van der Waals surface area contributed by atoms with E-state index in [9.17, 15) is 4.79 Å². The van der Waals surface area contributed by atoms with Crippen molar-refractivity contribution in [2.45, 2.75) is 32.1 Å². The molecule has 2 nitrogen and oxygen atoms in total. The molecule has 3 unspecified atom stereocenters. The fourth-order valence-electron chi connectivity index (χ4n) is 2.89. The van der Waals surface area contributed by atoms with Crippen molar-refractivity contribution in [3.63, 3.8) is 0 Å². The summed E-state index contributed by atoms with van der Waals surface area (Å²) in [4.78, 5) is 11.6. The van der Waals surface area contributed by atoms with Crippen LogP contribution in [0.2, 0.25) is 0 Å². The van der Waals surface area contributed by atoms with Crippen LogP contribution in [0.4, 0.5) is 0 Å². The number of Topliss-reactive ketones (excluding diaryl/α,β-unsaturated/α-hetero) is 1. The van der Waals surface area contributed by atoms with Crippen molar-refractivity contribution < 1.29 is 9.90 Å². The second-order valence-electron chi connectivity index (χ2n) is 4.14. The molecule has 0 aromatic carbocycles. The van der Waals surface area contributed by atoms with Gasteiger partial charge in [-0.1, -0.05) is 6.42 Å². The van der Waals surface area contributed by atoms with Gasteiger partial charge in [0.2, 0.25) is 0 Å². The number of aliphatic hydroxyl groups is 1. The van der Waals surface area contributed by atoms with Crippen LogP contribution < -0.4 is 0 Å². The van der Waals surface area contributed by atoms with Crippen molar-refractivity contribution in [2.75, 3.05) is 6.61 Å². The van der Waals surface area contributed by atoms with Crippen molar-refractivity contribution in [3.8, 4) is 0 Å². The Kier molecular flexibility index (Phi) is 2.18. The monoisotopic (exact) mass is 168 g/mol. The summed E-state index contributed by atoms with van der Waals surface area (Å²) < 4.78 is 0. The summed E-state index contributed by atoms with van der Waals surface area (Å²) in [5.41, 5.74) is 0. The highest BCUT2D eigenvalue weighted by Gasteiger charge is 2.43. The minimum atomic E-state index is 0.251. The minimum absolute atomic E-state index is 0.251. The lowest BCUT2D eigenvalue weighted by atomic mass is 9.85. The smallest absolute Gasteiger partial charge is 0.139 e. The Morgan fingerprint density at radius 3 is 2.92 bits per heavy atom. The van der Waals surface area contributed by atoms with Crippen LogP contribution >= 0.6 is 0 Å². The predicted molar refractivity (Wildman–Crippen MR) is 45.6 cm³/mol. The number of carbonyl (C=O) groups is 1. The van der Waals surface area contributed by atoms with Crippen LogP contribution in [0.25, 0.3) is 0 Å². The highest BCUT2D eigenvalue weighted by atomic mass is 16.3. The number of rotatable bonds is 2. The molecule has 68 valence electrons. The molecule has 2 rings (SSSR count). The molecule has 0 amide bonds. The van der Waals surface area contributed by atoms with E-state index in [0.717, 1.165) is 25.7 Å². The highest BCUT2D eigenvalue weighted by molar-refractivity contribution is 5.86. The molecule has 2 aliphatic rings. The second-order valence-corrected chi connectivity index (χ2v) is 4.14. The number of hydrogen-bond donors (Lipinski definition) is 1. The third kappa shape index (κ3) is 1.18. The Morgan fingerprint density at radius 2 is 2.25 bits per heavy atom. The molecule has 1 N–H and O–H groups in total. The summed E-state index contributed by atoms with van der Waals surface area (Å²) >= 11 is 0. The van der Waals surface area contributed by atoms with E-state index >= 15 is 0 Å². The van der Waals surface area contributed by atoms with Gasteiger partial charge in [-0.2, -0.15) is 0 Å². The first kappa shape index (κ1) is 8.24. The van der Waals surface area contributed by atoms with Crippen LogP contribution in [-0.2, 0) is 4.79 Å². The maximum atomic E-state index is 11.6. The maximum Gasteiger partial charge on any atom is 0.139 e. The van der Waals surface area contributed by atoms with E-state index in [1.165, 1.54) is 6.42 Å². The largest absolute Gasteiger partial charge is 0.396 e. The molecule has 12 heavy (non-hydrogen) atoms. The number of ketones is 1. The number of fused-ring (bicyclic) bond motifs is 2. The molecule has 2 fully saturated rings. The molecule has 2 saturated carbocycles. The third-order valence-corrected chi connectivity index (χ3v) is 3.49. The summed E-state index contributed by atoms with van der Waals surface area (Å²) in [7, 11) is 0. The predicted octanol–water partition coefficient (Wildman–Crippen LogP) is 1.37. The van der Waals surface area contributed by atoms with Crippen molar-refractivity contribution in [1.82, 2.24) is 0 Å². The van der Waals surface area contributed by atoms with E-state index in [4.69, 9.17) is 5.11 Å². The van der Waals surface area contributed by atoms with Gasteiger partial charge in [0.15, 0.2) is 0 Å². The molecule has 2 aliphatic carbocycles. The fraction of sp³-hybridized carbons (Fsp3) is 0.900. The molecule has 0 spiro atoms. The number of hydrogen-bond acceptors (Lipinski definition) is 2. The minimum Gasteiger partial charge on any atom is -0.396 e. The van der Waals surface area contributed by atoms with E-state index in [-0.39, 0.29) is 6.61 Å². The molecule has 0 aliphatic heterocycles. The molecule has 0 aromatic heterocycles. The summed E-state index contributed by atoms with van der Waals surface area (Å²) in [5.74, 6) is 1.69. The summed E-state index contributed by atoms with van der Waals surface area (Å²) in [5, 5.41) is 8.82. The Bertz CT molecular complexity index is 188. The third-order valence-electron chi connectivity index (χ3n) is 3.49. The lowest BCUT2D eigenvalue weighted by Crippen LogP contribution is -2.21. The Labute approximate surface area is 73.0 Å². The van der Waals surface area contributed by atoms with Crippen molar-refractivity contribution in [2.24, 2.45) is 17.8 Å². The zero-order chi connectivity index (χ0) is 8.55. The Morgan fingerprint density at radius 1 is 1.42 bits per heavy atom. The Hall–Kier alpha value is -0.370. The molecular weight excluding hydrogens is 152 g/mol. The quantitative estimate of drug-likeness (QED) is 0.676. The van der Waals surface area contributed by atoms with Gasteiger partial charge in [0, 0.05) is 18.4 Å². The van der Waals surface area contributed by atoms with Crippen molar-refractivity contribution in [3.05, 3.63) is 0 Å². The molecule has 2 heteroatoms. The van der Waals surface area contributed by atoms with E-state index in [1.54, 1.807) is 0 Å². The van der Waals surface area contributed by atoms with Crippen LogP contribution in [0.1, 0.15) is 32.1 Å². The first-order valence-corrected chi connectivity index (χ1v) is 4.97. The summed E-state index contributed by atoms with van der Waals surface area (Å²) in [6, 6.07) is 0. The Balaban J connectivity index is 2.06. The van der Waals surface area contributed by atoms with E-state index in [2.05, 4.69) is 0 Å². The number of aliphatic hydroxyl groups excluding tert-OH is 1. The van der Waals surface area contributed by atoms with Crippen LogP contribution in [0.15, 0.2) is 0 Å². The van der Waals surface area contributed by atoms with Gasteiger partial charge in [0.25, 0.3) is 0 Å². The standard InChI is InChI=1S/C10H16O2/c11-5-4-7-6-8-2-1-3-9(7)10(8)12/h7-9,11H,1-6H2. The van der Waals surface area contributed by atoms with E-state index < -0.39 is 0 Å². The first-order valence-electron chi connectivity index (χ1n) is 4.97. The van der Waals surface area contributed by atoms with Gasteiger partial charge in [0.05, 0.1) is 0 Å². The summed E-state index contributed by atoms with van der Waals surface area (Å²) in [6.07, 6.45) is 5.32. The molecule has 0 radical (unpaired) electrons. The van der Waals surface area contributed by atoms with Gasteiger partial charge in [0.1, 0.15) is 5.78 Å². The highest BCUT2D eigenvalue weighted by Crippen LogP contribution is 2.44. The lowest BCUT2D eigenvalue weighted by Gasteiger charge is -2.19. The zero-order valence-corrected chi connectivity index (χ0v) is 7.33. The molecular formula is C10H16O2. The van der Waals surface area contributed by atoms with Crippen LogP contribution in [0, 0.1) is 17.8 Å². The van der Waals surface area contributed by atoms with Gasteiger partial charge in [-0.3, -0.25) is 4.79 Å². The van der Waals surface area contributed by atoms with Gasteiger partial charge < -0.3 is 5.11 Å². The molecule has 2 bridgehead atoms. The van der Waals surface area contributed by atoms with Crippen LogP contribution in [0.5, 0.6) is 0 Å². The molecule has 3 atom stereocenters. The van der Waals surface area contributed by atoms with Crippen molar-refractivity contribution >= 4 is 5.78 Å². The van der Waals surface area contributed by atoms with Gasteiger partial charge in [-0.05, 0) is 31.6 Å². The fourth-order valence-corrected chi connectivity index (χ4v) is 2.89. The zero-order valence-electron chi connectivity index (χ0n) is 7.33. The average molecular weight is 168 g/mol. The van der Waals surface area contributed by atoms with E-state index in [1.807, 2.05) is 0 Å². The van der Waals surface area contributed by atoms with Gasteiger partial charge in [-0.25, -0.2) is 0 Å². The molecule has 0 aromatic rings. The lowest BCUT2D eigenvalue weighted by molar-refractivity contribution is -0.126. The normalized spacial score (nSPS) is 40.4. The first-order chi connectivity index (χ1) is 5.83. The van der Waals surface area contributed by atoms with Crippen molar-refractivity contribution in [1.29, 1.82) is 0 Å². The summed E-state index contributed by atoms with van der Waals surface area (Å²) in [6.45, 7) is 0.251. The average Bonchev–Trinajstić information content (AvgIpc) is 2.29. The van der Waals surface area contributed by atoms with Crippen LogP contribution in [-0.4, -0.2) is 17.5 Å². The molecule has 0 saturated heterocycles. The van der Waals surface area contributed by atoms with Crippen LogP contribution in [0.3, 0.4) is 0 Å².